The minimum absolute atomic E-state index is 0.0690. The van der Waals surface area contributed by atoms with E-state index in [0.717, 1.165) is 18.2 Å². The molecular formula is C20H19N3O3S. The van der Waals surface area contributed by atoms with Gasteiger partial charge in [-0.3, -0.25) is 14.5 Å². The van der Waals surface area contributed by atoms with Gasteiger partial charge in [-0.05, 0) is 43.2 Å². The predicted octanol–water partition coefficient (Wildman–Crippen LogP) is 3.55. The molecule has 0 atom stereocenters. The molecule has 0 bridgehead atoms. The van der Waals surface area contributed by atoms with Crippen LogP contribution in [0.2, 0.25) is 0 Å². The van der Waals surface area contributed by atoms with Crippen LogP contribution >= 0.6 is 0 Å². The van der Waals surface area contributed by atoms with Crippen LogP contribution in [0.5, 0.6) is 0 Å². The molecule has 0 radical (unpaired) electrons. The molecule has 1 aliphatic heterocycles. The zero-order valence-corrected chi connectivity index (χ0v) is 15.4. The molecule has 6 nitrogen and oxygen atoms in total. The van der Waals surface area contributed by atoms with Crippen molar-refractivity contribution in [3.63, 3.8) is 0 Å². The number of benzene rings is 2. The third-order valence-electron chi connectivity index (χ3n) is 4.62. The monoisotopic (exact) mass is 381 g/mol. The standard InChI is InChI=1S/C20H19N3O3S/c24-19-11-1-2-13-23(19)17-9-4-8-16(14-17)22-27(25,26)18-10-3-6-15-7-5-12-21-20(15)18/h3-10,12,14,22H,1-2,11,13H2. The number of carbonyl (C=O) groups is 1. The van der Waals surface area contributed by atoms with Gasteiger partial charge in [0, 0.05) is 30.2 Å². The van der Waals surface area contributed by atoms with Crippen LogP contribution < -0.4 is 9.62 Å². The highest BCUT2D eigenvalue weighted by molar-refractivity contribution is 7.93. The fourth-order valence-corrected chi connectivity index (χ4v) is 4.55. The summed E-state index contributed by atoms with van der Waals surface area (Å²) in [6.45, 7) is 0.655. The fraction of sp³-hybridized carbons (Fsp3) is 0.200. The number of sulfonamides is 1. The summed E-state index contributed by atoms with van der Waals surface area (Å²) in [5.41, 5.74) is 1.55. The second-order valence-electron chi connectivity index (χ2n) is 6.49. The van der Waals surface area contributed by atoms with Crippen LogP contribution in [0.15, 0.2) is 65.7 Å². The average molecular weight is 381 g/mol. The molecule has 7 heteroatoms. The van der Waals surface area contributed by atoms with Crippen molar-refractivity contribution in [1.82, 2.24) is 4.98 Å². The van der Waals surface area contributed by atoms with Crippen LogP contribution in [0.4, 0.5) is 11.4 Å². The summed E-state index contributed by atoms with van der Waals surface area (Å²) >= 11 is 0. The maximum Gasteiger partial charge on any atom is 0.264 e. The molecule has 2 heterocycles. The smallest absolute Gasteiger partial charge is 0.264 e. The van der Waals surface area contributed by atoms with Crippen LogP contribution in [-0.4, -0.2) is 25.9 Å². The number of rotatable bonds is 4. The first-order valence-electron chi connectivity index (χ1n) is 8.82. The summed E-state index contributed by atoms with van der Waals surface area (Å²) in [5, 5.41) is 0.757. The van der Waals surface area contributed by atoms with Gasteiger partial charge < -0.3 is 4.90 Å². The van der Waals surface area contributed by atoms with Crippen LogP contribution in [0, 0.1) is 0 Å². The lowest BCUT2D eigenvalue weighted by atomic mass is 10.1. The lowest BCUT2D eigenvalue weighted by Gasteiger charge is -2.27. The van der Waals surface area contributed by atoms with Gasteiger partial charge in [-0.2, -0.15) is 0 Å². The number of piperidine rings is 1. The second kappa shape index (κ2) is 7.00. The number of nitrogens with zero attached hydrogens (tertiary/aromatic N) is 2. The molecule has 1 saturated heterocycles. The molecule has 1 amide bonds. The van der Waals surface area contributed by atoms with Crippen molar-refractivity contribution in [3.05, 3.63) is 60.8 Å². The lowest BCUT2D eigenvalue weighted by Crippen LogP contribution is -2.35. The Morgan fingerprint density at radius 2 is 1.81 bits per heavy atom. The van der Waals surface area contributed by atoms with E-state index in [9.17, 15) is 13.2 Å². The summed E-state index contributed by atoms with van der Waals surface area (Å²) < 4.78 is 28.5. The minimum atomic E-state index is -3.82. The lowest BCUT2D eigenvalue weighted by molar-refractivity contribution is -0.119. The third-order valence-corrected chi connectivity index (χ3v) is 6.03. The van der Waals surface area contributed by atoms with Crippen molar-refractivity contribution in [3.8, 4) is 0 Å². The number of pyridine rings is 1. The Balaban J connectivity index is 1.67. The van der Waals surface area contributed by atoms with Crippen molar-refractivity contribution >= 4 is 38.2 Å². The van der Waals surface area contributed by atoms with E-state index in [1.165, 1.54) is 6.07 Å². The van der Waals surface area contributed by atoms with Crippen LogP contribution in [-0.2, 0) is 14.8 Å². The molecule has 4 rings (SSSR count). The molecule has 1 fully saturated rings. The molecule has 0 spiro atoms. The highest BCUT2D eigenvalue weighted by Gasteiger charge is 2.21. The number of para-hydroxylation sites is 1. The molecule has 2 aromatic carbocycles. The van der Waals surface area contributed by atoms with Gasteiger partial charge in [-0.25, -0.2) is 8.42 Å². The first kappa shape index (κ1) is 17.5. The Hall–Kier alpha value is -2.93. The normalized spacial score (nSPS) is 15.1. The quantitative estimate of drug-likeness (QED) is 0.749. The topological polar surface area (TPSA) is 79.4 Å². The molecule has 138 valence electrons. The molecule has 0 aliphatic carbocycles. The zero-order chi connectivity index (χ0) is 18.9. The molecular weight excluding hydrogens is 362 g/mol. The molecule has 1 aliphatic rings. The Morgan fingerprint density at radius 1 is 1.00 bits per heavy atom. The van der Waals surface area contributed by atoms with Crippen LogP contribution in [0.25, 0.3) is 10.9 Å². The molecule has 1 aromatic heterocycles. The summed E-state index contributed by atoms with van der Waals surface area (Å²) in [4.78, 5) is 18.2. The number of fused-ring (bicyclic) bond motifs is 1. The maximum absolute atomic E-state index is 12.9. The average Bonchev–Trinajstić information content (AvgIpc) is 2.68. The summed E-state index contributed by atoms with van der Waals surface area (Å²) in [6.07, 6.45) is 3.95. The zero-order valence-electron chi connectivity index (χ0n) is 14.6. The van der Waals surface area contributed by atoms with Gasteiger partial charge in [-0.15, -0.1) is 0 Å². The second-order valence-corrected chi connectivity index (χ2v) is 8.14. The first-order chi connectivity index (χ1) is 13.0. The van der Waals surface area contributed by atoms with E-state index in [2.05, 4.69) is 9.71 Å². The number of anilines is 2. The van der Waals surface area contributed by atoms with E-state index in [1.807, 2.05) is 18.2 Å². The third kappa shape index (κ3) is 3.50. The van der Waals surface area contributed by atoms with Crippen molar-refractivity contribution < 1.29 is 13.2 Å². The molecule has 0 unspecified atom stereocenters. The van der Waals surface area contributed by atoms with Crippen LogP contribution in [0.1, 0.15) is 19.3 Å². The predicted molar refractivity (Wildman–Crippen MR) is 105 cm³/mol. The molecule has 27 heavy (non-hydrogen) atoms. The number of amides is 1. The Labute approximate surface area is 157 Å². The Kier molecular flexibility index (Phi) is 4.53. The van der Waals surface area contributed by atoms with E-state index in [-0.39, 0.29) is 10.8 Å². The van der Waals surface area contributed by atoms with Gasteiger partial charge in [-0.1, -0.05) is 24.3 Å². The van der Waals surface area contributed by atoms with Gasteiger partial charge in [0.05, 0.1) is 11.2 Å². The SMILES string of the molecule is O=C1CCCCN1c1cccc(NS(=O)(=O)c2cccc3cccnc23)c1. The van der Waals surface area contributed by atoms with Gasteiger partial charge >= 0.3 is 0 Å². The number of hydrogen-bond donors (Lipinski definition) is 1. The summed E-state index contributed by atoms with van der Waals surface area (Å²) in [5.74, 6) is 0.0690. The number of hydrogen-bond acceptors (Lipinski definition) is 4. The van der Waals surface area contributed by atoms with E-state index in [1.54, 1.807) is 41.4 Å². The maximum atomic E-state index is 12.9. The van der Waals surface area contributed by atoms with E-state index in [4.69, 9.17) is 0 Å². The van der Waals surface area contributed by atoms with Crippen molar-refractivity contribution in [2.45, 2.75) is 24.2 Å². The van der Waals surface area contributed by atoms with E-state index >= 15 is 0 Å². The molecule has 0 saturated carbocycles. The highest BCUT2D eigenvalue weighted by atomic mass is 32.2. The largest absolute Gasteiger partial charge is 0.312 e. The summed E-state index contributed by atoms with van der Waals surface area (Å²) in [7, 11) is -3.82. The van der Waals surface area contributed by atoms with Crippen LogP contribution in [0.3, 0.4) is 0 Å². The van der Waals surface area contributed by atoms with E-state index < -0.39 is 10.0 Å². The fourth-order valence-electron chi connectivity index (χ4n) is 3.32. The summed E-state index contributed by atoms with van der Waals surface area (Å²) in [6, 6.07) is 15.6. The van der Waals surface area contributed by atoms with Crippen molar-refractivity contribution in [2.75, 3.05) is 16.2 Å². The number of aromatic nitrogens is 1. The molecule has 3 aromatic rings. The Bertz CT molecular complexity index is 1110. The van der Waals surface area contributed by atoms with Gasteiger partial charge in [0.25, 0.3) is 10.0 Å². The first-order valence-corrected chi connectivity index (χ1v) is 10.3. The molecule has 1 N–H and O–H groups in total. The Morgan fingerprint density at radius 3 is 2.67 bits per heavy atom. The highest BCUT2D eigenvalue weighted by Crippen LogP contribution is 2.27. The van der Waals surface area contributed by atoms with Crippen molar-refractivity contribution in [2.24, 2.45) is 0 Å². The van der Waals surface area contributed by atoms with E-state index in [0.29, 0.717) is 29.9 Å². The van der Waals surface area contributed by atoms with Gasteiger partial charge in [0.15, 0.2) is 0 Å². The minimum Gasteiger partial charge on any atom is -0.312 e. The van der Waals surface area contributed by atoms with Crippen molar-refractivity contribution in [1.29, 1.82) is 0 Å². The number of nitrogens with one attached hydrogen (secondary N) is 1. The number of carbonyl (C=O) groups excluding carboxylic acids is 1. The van der Waals surface area contributed by atoms with Gasteiger partial charge in [0.1, 0.15) is 4.90 Å². The van der Waals surface area contributed by atoms with Gasteiger partial charge in [0.2, 0.25) is 5.91 Å².